The lowest BCUT2D eigenvalue weighted by molar-refractivity contribution is -0.150. The lowest BCUT2D eigenvalue weighted by Crippen LogP contribution is -2.62. The Morgan fingerprint density at radius 3 is 2.71 bits per heavy atom. The minimum absolute atomic E-state index is 0.0776. The molecule has 0 radical (unpaired) electrons. The molecule has 2 saturated heterocycles. The summed E-state index contributed by atoms with van der Waals surface area (Å²) in [6.07, 6.45) is 3.12. The fourth-order valence-corrected chi connectivity index (χ4v) is 3.05. The summed E-state index contributed by atoms with van der Waals surface area (Å²) in [5, 5.41) is 12.3. The molecule has 0 bridgehead atoms. The first-order valence-corrected chi connectivity index (χ1v) is 7.40. The largest absolute Gasteiger partial charge is 0.480 e. The van der Waals surface area contributed by atoms with E-state index in [1.807, 2.05) is 0 Å². The number of likely N-dealkylation sites (N-methyl/N-ethyl adjacent to an activating group) is 1. The van der Waals surface area contributed by atoms with Crippen LogP contribution in [-0.4, -0.2) is 64.5 Å². The van der Waals surface area contributed by atoms with Gasteiger partial charge in [-0.3, -0.25) is 4.79 Å². The van der Waals surface area contributed by atoms with Crippen LogP contribution in [0.25, 0.3) is 0 Å². The fraction of sp³-hybridized carbons (Fsp3) is 0.786. The van der Waals surface area contributed by atoms with Gasteiger partial charge in [0, 0.05) is 32.6 Å². The Bertz CT molecular complexity index is 454. The Kier molecular flexibility index (Phi) is 4.39. The predicted octanol–water partition coefficient (Wildman–Crippen LogP) is 0.646. The average Bonchev–Trinajstić information content (AvgIpc) is 2.43. The monoisotopic (exact) mass is 297 g/mol. The van der Waals surface area contributed by atoms with E-state index in [-0.39, 0.29) is 18.0 Å². The van der Waals surface area contributed by atoms with Crippen molar-refractivity contribution in [1.29, 1.82) is 0 Å². The van der Waals surface area contributed by atoms with Crippen LogP contribution in [0.2, 0.25) is 0 Å². The summed E-state index contributed by atoms with van der Waals surface area (Å²) in [6, 6.07) is -0.451. The lowest BCUT2D eigenvalue weighted by atomic mass is 9.89. The lowest BCUT2D eigenvalue weighted by Gasteiger charge is -2.42. The van der Waals surface area contributed by atoms with Crippen molar-refractivity contribution in [3.8, 4) is 0 Å². The molecule has 7 nitrogen and oxygen atoms in total. The molecule has 2 rings (SSSR count). The zero-order valence-corrected chi connectivity index (χ0v) is 12.6. The van der Waals surface area contributed by atoms with E-state index < -0.39 is 11.5 Å². The minimum Gasteiger partial charge on any atom is -0.480 e. The maximum atomic E-state index is 12.4. The molecular formula is C14H23N3O4. The number of carbonyl (C=O) groups is 3. The van der Waals surface area contributed by atoms with Gasteiger partial charge in [-0.2, -0.15) is 0 Å². The second kappa shape index (κ2) is 5.91. The first-order valence-electron chi connectivity index (χ1n) is 7.40. The number of nitrogens with one attached hydrogen (secondary N) is 1. The molecule has 0 aromatic carbocycles. The Morgan fingerprint density at radius 2 is 2.10 bits per heavy atom. The number of hydrogen-bond acceptors (Lipinski definition) is 3. The maximum absolute atomic E-state index is 12.4. The van der Waals surface area contributed by atoms with Gasteiger partial charge in [0.1, 0.15) is 5.54 Å². The summed E-state index contributed by atoms with van der Waals surface area (Å²) in [4.78, 5) is 38.4. The third kappa shape index (κ3) is 3.11. The molecule has 0 aromatic rings. The molecule has 0 aromatic heterocycles. The molecule has 2 atom stereocenters. The van der Waals surface area contributed by atoms with Crippen LogP contribution in [0, 0.1) is 0 Å². The van der Waals surface area contributed by atoms with Crippen LogP contribution < -0.4 is 5.32 Å². The van der Waals surface area contributed by atoms with Gasteiger partial charge in [0.05, 0.1) is 0 Å². The van der Waals surface area contributed by atoms with Crippen molar-refractivity contribution in [2.24, 2.45) is 0 Å². The molecule has 118 valence electrons. The SMILES string of the molecule is CN1CC(NC(=O)N2CCCCC2(C)C(=O)O)CCC1=O. The summed E-state index contributed by atoms with van der Waals surface area (Å²) in [7, 11) is 1.71. The number of piperidine rings is 2. The van der Waals surface area contributed by atoms with E-state index >= 15 is 0 Å². The molecule has 2 aliphatic heterocycles. The minimum atomic E-state index is -1.14. The molecular weight excluding hydrogens is 274 g/mol. The van der Waals surface area contributed by atoms with E-state index in [2.05, 4.69) is 5.32 Å². The molecule has 3 amide bonds. The van der Waals surface area contributed by atoms with Crippen molar-refractivity contribution in [3.63, 3.8) is 0 Å². The summed E-state index contributed by atoms with van der Waals surface area (Å²) >= 11 is 0. The molecule has 2 N–H and O–H groups in total. The molecule has 0 saturated carbocycles. The smallest absolute Gasteiger partial charge is 0.329 e. The van der Waals surface area contributed by atoms with Crippen LogP contribution in [0.3, 0.4) is 0 Å². The van der Waals surface area contributed by atoms with Crippen LogP contribution in [0.5, 0.6) is 0 Å². The average molecular weight is 297 g/mol. The van der Waals surface area contributed by atoms with E-state index in [1.54, 1.807) is 18.9 Å². The van der Waals surface area contributed by atoms with E-state index in [0.29, 0.717) is 32.4 Å². The van der Waals surface area contributed by atoms with Gasteiger partial charge in [0.2, 0.25) is 5.91 Å². The number of aliphatic carboxylic acids is 1. The van der Waals surface area contributed by atoms with Gasteiger partial charge in [0.15, 0.2) is 0 Å². The maximum Gasteiger partial charge on any atom is 0.329 e. The predicted molar refractivity (Wildman–Crippen MR) is 75.8 cm³/mol. The van der Waals surface area contributed by atoms with Crippen molar-refractivity contribution < 1.29 is 19.5 Å². The molecule has 0 aliphatic carbocycles. The van der Waals surface area contributed by atoms with Crippen LogP contribution in [0.4, 0.5) is 4.79 Å². The quantitative estimate of drug-likeness (QED) is 0.783. The highest BCUT2D eigenvalue weighted by Crippen LogP contribution is 2.28. The molecule has 2 heterocycles. The Morgan fingerprint density at radius 1 is 1.38 bits per heavy atom. The Hall–Kier alpha value is -1.79. The van der Waals surface area contributed by atoms with Crippen molar-refractivity contribution in [1.82, 2.24) is 15.1 Å². The van der Waals surface area contributed by atoms with Crippen molar-refractivity contribution in [3.05, 3.63) is 0 Å². The molecule has 2 fully saturated rings. The van der Waals surface area contributed by atoms with E-state index in [0.717, 1.165) is 12.8 Å². The number of carbonyl (C=O) groups excluding carboxylic acids is 2. The van der Waals surface area contributed by atoms with Crippen molar-refractivity contribution in [2.75, 3.05) is 20.1 Å². The van der Waals surface area contributed by atoms with E-state index in [9.17, 15) is 19.5 Å². The zero-order chi connectivity index (χ0) is 15.6. The highest BCUT2D eigenvalue weighted by atomic mass is 16.4. The Balaban J connectivity index is 2.01. The first-order chi connectivity index (χ1) is 9.84. The Labute approximate surface area is 124 Å². The van der Waals surface area contributed by atoms with E-state index in [1.165, 1.54) is 4.90 Å². The van der Waals surface area contributed by atoms with Crippen molar-refractivity contribution in [2.45, 2.75) is 50.6 Å². The number of hydrogen-bond donors (Lipinski definition) is 2. The van der Waals surface area contributed by atoms with Crippen LogP contribution in [0.1, 0.15) is 39.0 Å². The fourth-order valence-electron chi connectivity index (χ4n) is 3.05. The summed E-state index contributed by atoms with van der Waals surface area (Å²) in [6.45, 7) is 2.53. The topological polar surface area (TPSA) is 90.0 Å². The first kappa shape index (κ1) is 15.6. The number of amides is 3. The van der Waals surface area contributed by atoms with Crippen molar-refractivity contribution >= 4 is 17.9 Å². The molecule has 7 heteroatoms. The van der Waals surface area contributed by atoms with Gasteiger partial charge < -0.3 is 20.2 Å². The molecule has 2 aliphatic rings. The third-order valence-corrected chi connectivity index (χ3v) is 4.55. The standard InChI is InChI=1S/C14H23N3O4/c1-14(12(19)20)7-3-4-8-17(14)13(21)15-10-5-6-11(18)16(2)9-10/h10H,3-9H2,1-2H3,(H,15,21)(H,19,20). The van der Waals surface area contributed by atoms with E-state index in [4.69, 9.17) is 0 Å². The third-order valence-electron chi connectivity index (χ3n) is 4.55. The highest BCUT2D eigenvalue weighted by Gasteiger charge is 2.44. The van der Waals surface area contributed by atoms with Crippen LogP contribution >= 0.6 is 0 Å². The summed E-state index contributed by atoms with van der Waals surface area (Å²) in [5.41, 5.74) is -1.14. The molecule has 0 spiro atoms. The summed E-state index contributed by atoms with van der Waals surface area (Å²) in [5.74, 6) is -0.887. The van der Waals surface area contributed by atoms with Gasteiger partial charge in [0.25, 0.3) is 0 Å². The number of carboxylic acid groups (broad SMARTS) is 1. The number of likely N-dealkylation sites (tertiary alicyclic amines) is 2. The number of urea groups is 1. The number of nitrogens with zero attached hydrogens (tertiary/aromatic N) is 2. The second-order valence-corrected chi connectivity index (χ2v) is 6.15. The van der Waals surface area contributed by atoms with Crippen LogP contribution in [0.15, 0.2) is 0 Å². The normalized spacial score (nSPS) is 30.2. The van der Waals surface area contributed by atoms with Crippen LogP contribution in [-0.2, 0) is 9.59 Å². The summed E-state index contributed by atoms with van der Waals surface area (Å²) < 4.78 is 0. The van der Waals surface area contributed by atoms with Gasteiger partial charge in [-0.1, -0.05) is 0 Å². The number of carboxylic acids is 1. The van der Waals surface area contributed by atoms with Gasteiger partial charge in [-0.05, 0) is 32.6 Å². The van der Waals surface area contributed by atoms with Gasteiger partial charge in [-0.25, -0.2) is 9.59 Å². The van der Waals surface area contributed by atoms with Gasteiger partial charge in [-0.15, -0.1) is 0 Å². The number of rotatable bonds is 2. The molecule has 21 heavy (non-hydrogen) atoms. The molecule has 2 unspecified atom stereocenters. The second-order valence-electron chi connectivity index (χ2n) is 6.15. The highest BCUT2D eigenvalue weighted by molar-refractivity contribution is 5.86. The zero-order valence-electron chi connectivity index (χ0n) is 12.6. The van der Waals surface area contributed by atoms with Gasteiger partial charge >= 0.3 is 12.0 Å².